The van der Waals surface area contributed by atoms with Crippen molar-refractivity contribution < 1.29 is 9.53 Å². The van der Waals surface area contributed by atoms with Gasteiger partial charge in [-0.2, -0.15) is 0 Å². The SMILES string of the molecule is CCCCCCCCCCC(N)CCCC(N)COC(=O)CCCCC. The van der Waals surface area contributed by atoms with E-state index in [1.807, 2.05) is 0 Å². The summed E-state index contributed by atoms with van der Waals surface area (Å²) >= 11 is 0. The standard InChI is InChI=1S/C22H46N2O2/c1-3-5-7-8-9-10-11-13-15-20(23)16-14-17-21(24)19-26-22(25)18-12-6-4-2/h20-21H,3-19,23-24H2,1-2H3. The Kier molecular flexibility index (Phi) is 18.7. The average Bonchev–Trinajstić information content (AvgIpc) is 2.62. The zero-order valence-electron chi connectivity index (χ0n) is 17.6. The van der Waals surface area contributed by atoms with Gasteiger partial charge in [0.05, 0.1) is 0 Å². The van der Waals surface area contributed by atoms with Crippen molar-refractivity contribution in [1.82, 2.24) is 0 Å². The van der Waals surface area contributed by atoms with Crippen LogP contribution in [0.2, 0.25) is 0 Å². The Morgan fingerprint density at radius 2 is 1.19 bits per heavy atom. The Morgan fingerprint density at radius 3 is 1.85 bits per heavy atom. The summed E-state index contributed by atoms with van der Waals surface area (Å²) in [6.45, 7) is 4.73. The third-order valence-corrected chi connectivity index (χ3v) is 5.02. The van der Waals surface area contributed by atoms with Crippen LogP contribution in [0.4, 0.5) is 0 Å². The van der Waals surface area contributed by atoms with Gasteiger partial charge in [0, 0.05) is 18.5 Å². The van der Waals surface area contributed by atoms with Gasteiger partial charge < -0.3 is 16.2 Å². The molecule has 0 aliphatic carbocycles. The van der Waals surface area contributed by atoms with Crippen molar-refractivity contribution in [2.45, 2.75) is 129 Å². The highest BCUT2D eigenvalue weighted by Gasteiger charge is 2.09. The van der Waals surface area contributed by atoms with Crippen LogP contribution >= 0.6 is 0 Å². The molecule has 0 aromatic carbocycles. The number of carbonyl (C=O) groups is 1. The Balaban J connectivity index is 3.43. The summed E-state index contributed by atoms with van der Waals surface area (Å²) in [7, 11) is 0. The van der Waals surface area contributed by atoms with E-state index < -0.39 is 0 Å². The van der Waals surface area contributed by atoms with Gasteiger partial charge in [0.15, 0.2) is 0 Å². The van der Waals surface area contributed by atoms with Crippen molar-refractivity contribution in [1.29, 1.82) is 0 Å². The fraction of sp³-hybridized carbons (Fsp3) is 0.955. The lowest BCUT2D eigenvalue weighted by Crippen LogP contribution is -2.28. The first-order valence-electron chi connectivity index (χ1n) is 11.3. The Morgan fingerprint density at radius 1 is 0.692 bits per heavy atom. The minimum absolute atomic E-state index is 0.0551. The summed E-state index contributed by atoms with van der Waals surface area (Å²) in [6, 6.07) is 0.235. The van der Waals surface area contributed by atoms with Gasteiger partial charge in [0.2, 0.25) is 0 Å². The third-order valence-electron chi connectivity index (χ3n) is 5.02. The fourth-order valence-electron chi connectivity index (χ4n) is 3.20. The van der Waals surface area contributed by atoms with E-state index in [1.165, 1.54) is 51.4 Å². The highest BCUT2D eigenvalue weighted by Crippen LogP contribution is 2.12. The molecule has 0 saturated carbocycles. The monoisotopic (exact) mass is 370 g/mol. The molecule has 0 aliphatic heterocycles. The Bertz CT molecular complexity index is 311. The molecule has 0 spiro atoms. The second-order valence-electron chi connectivity index (χ2n) is 7.85. The number of nitrogens with two attached hydrogens (primary N) is 2. The molecule has 0 heterocycles. The van der Waals surface area contributed by atoms with Gasteiger partial charge in [-0.3, -0.25) is 4.79 Å². The van der Waals surface area contributed by atoms with E-state index in [0.717, 1.165) is 44.9 Å². The minimum Gasteiger partial charge on any atom is -0.464 e. The van der Waals surface area contributed by atoms with Crippen molar-refractivity contribution >= 4 is 5.97 Å². The van der Waals surface area contributed by atoms with Gasteiger partial charge in [0.1, 0.15) is 6.61 Å². The molecule has 0 aliphatic rings. The lowest BCUT2D eigenvalue weighted by Gasteiger charge is -2.15. The molecule has 0 aromatic heterocycles. The van der Waals surface area contributed by atoms with Crippen molar-refractivity contribution in [2.75, 3.05) is 6.61 Å². The highest BCUT2D eigenvalue weighted by molar-refractivity contribution is 5.69. The zero-order valence-corrected chi connectivity index (χ0v) is 17.6. The van der Waals surface area contributed by atoms with Gasteiger partial charge in [-0.25, -0.2) is 0 Å². The highest BCUT2D eigenvalue weighted by atomic mass is 16.5. The van der Waals surface area contributed by atoms with Crippen LogP contribution in [-0.2, 0) is 9.53 Å². The topological polar surface area (TPSA) is 78.3 Å². The summed E-state index contributed by atoms with van der Waals surface area (Å²) in [5, 5.41) is 0. The van der Waals surface area contributed by atoms with Crippen LogP contribution in [0.15, 0.2) is 0 Å². The van der Waals surface area contributed by atoms with Crippen LogP contribution in [0.25, 0.3) is 0 Å². The van der Waals surface area contributed by atoms with E-state index in [4.69, 9.17) is 16.2 Å². The molecule has 0 amide bonds. The molecule has 2 unspecified atom stereocenters. The maximum Gasteiger partial charge on any atom is 0.305 e. The van der Waals surface area contributed by atoms with Crippen LogP contribution in [0.3, 0.4) is 0 Å². The first kappa shape index (κ1) is 25.4. The lowest BCUT2D eigenvalue weighted by molar-refractivity contribution is -0.144. The van der Waals surface area contributed by atoms with E-state index in [9.17, 15) is 4.79 Å². The van der Waals surface area contributed by atoms with Crippen LogP contribution < -0.4 is 11.5 Å². The Hall–Kier alpha value is -0.610. The molecule has 0 radical (unpaired) electrons. The number of esters is 1. The summed E-state index contributed by atoms with van der Waals surface area (Å²) < 4.78 is 5.24. The normalized spacial score (nSPS) is 13.5. The first-order valence-corrected chi connectivity index (χ1v) is 11.3. The second kappa shape index (κ2) is 19.2. The van der Waals surface area contributed by atoms with Gasteiger partial charge in [-0.05, 0) is 25.7 Å². The molecule has 4 nitrogen and oxygen atoms in total. The summed E-state index contributed by atoms with van der Waals surface area (Å²) in [6.07, 6.45) is 18.4. The molecule has 0 saturated heterocycles. The van der Waals surface area contributed by atoms with Crippen LogP contribution in [-0.4, -0.2) is 24.7 Å². The van der Waals surface area contributed by atoms with Gasteiger partial charge in [-0.15, -0.1) is 0 Å². The van der Waals surface area contributed by atoms with E-state index in [-0.39, 0.29) is 12.0 Å². The summed E-state index contributed by atoms with van der Waals surface area (Å²) in [4.78, 5) is 11.6. The molecule has 4 N–H and O–H groups in total. The molecule has 156 valence electrons. The predicted molar refractivity (Wildman–Crippen MR) is 112 cm³/mol. The smallest absolute Gasteiger partial charge is 0.305 e. The van der Waals surface area contributed by atoms with Crippen molar-refractivity contribution in [2.24, 2.45) is 11.5 Å². The predicted octanol–water partition coefficient (Wildman–Crippen LogP) is 5.47. The van der Waals surface area contributed by atoms with E-state index >= 15 is 0 Å². The maximum absolute atomic E-state index is 11.6. The number of hydrogen-bond donors (Lipinski definition) is 2. The van der Waals surface area contributed by atoms with Crippen LogP contribution in [0, 0.1) is 0 Å². The van der Waals surface area contributed by atoms with Crippen LogP contribution in [0.5, 0.6) is 0 Å². The van der Waals surface area contributed by atoms with E-state index in [0.29, 0.717) is 19.1 Å². The molecule has 0 bridgehead atoms. The Labute approximate surface area is 162 Å². The third kappa shape index (κ3) is 18.2. The largest absolute Gasteiger partial charge is 0.464 e. The van der Waals surface area contributed by atoms with Gasteiger partial charge in [-0.1, -0.05) is 84.5 Å². The van der Waals surface area contributed by atoms with E-state index in [1.54, 1.807) is 0 Å². The number of carbonyl (C=O) groups excluding carboxylic acids is 1. The van der Waals surface area contributed by atoms with E-state index in [2.05, 4.69) is 13.8 Å². The van der Waals surface area contributed by atoms with Gasteiger partial charge in [0.25, 0.3) is 0 Å². The minimum atomic E-state index is -0.111. The van der Waals surface area contributed by atoms with Crippen molar-refractivity contribution in [3.05, 3.63) is 0 Å². The molecule has 0 rings (SSSR count). The molecule has 2 atom stereocenters. The average molecular weight is 371 g/mol. The number of ether oxygens (including phenoxy) is 1. The summed E-state index contributed by atoms with van der Waals surface area (Å²) in [5.41, 5.74) is 12.2. The molecular formula is C22H46N2O2. The maximum atomic E-state index is 11.6. The fourth-order valence-corrected chi connectivity index (χ4v) is 3.20. The number of hydrogen-bond acceptors (Lipinski definition) is 4. The quantitative estimate of drug-likeness (QED) is 0.233. The summed E-state index contributed by atoms with van der Waals surface area (Å²) in [5.74, 6) is -0.111. The number of unbranched alkanes of at least 4 members (excludes halogenated alkanes) is 9. The lowest BCUT2D eigenvalue weighted by atomic mass is 10.0. The molecule has 4 heteroatoms. The van der Waals surface area contributed by atoms with Crippen molar-refractivity contribution in [3.8, 4) is 0 Å². The molecule has 0 aromatic rings. The molecule has 26 heavy (non-hydrogen) atoms. The zero-order chi connectivity index (χ0) is 19.5. The molecule has 0 fully saturated rings. The van der Waals surface area contributed by atoms with Gasteiger partial charge >= 0.3 is 5.97 Å². The first-order chi connectivity index (χ1) is 12.6. The molecular weight excluding hydrogens is 324 g/mol. The number of rotatable bonds is 19. The second-order valence-corrected chi connectivity index (χ2v) is 7.85. The van der Waals surface area contributed by atoms with Crippen LogP contribution in [0.1, 0.15) is 117 Å². The van der Waals surface area contributed by atoms with Crippen molar-refractivity contribution in [3.63, 3.8) is 0 Å².